The largest absolute Gasteiger partial charge is 0.462 e. The fourth-order valence-electron chi connectivity index (χ4n) is 3.85. The molecular weight excluding hydrogens is 439 g/mol. The number of hydrogen-bond acceptors (Lipinski definition) is 6. The van der Waals surface area contributed by atoms with Crippen LogP contribution >= 0.6 is 0 Å². The lowest BCUT2D eigenvalue weighted by atomic mass is 9.84. The number of hydrogen-bond donors (Lipinski definition) is 2. The summed E-state index contributed by atoms with van der Waals surface area (Å²) in [6.45, 7) is -1.60. The van der Waals surface area contributed by atoms with Crippen LogP contribution in [0.15, 0.2) is 35.5 Å². The van der Waals surface area contributed by atoms with E-state index in [0.29, 0.717) is 0 Å². The summed E-state index contributed by atoms with van der Waals surface area (Å²) in [6, 6.07) is 3.94. The van der Waals surface area contributed by atoms with Crippen LogP contribution in [0.1, 0.15) is 28.0 Å². The zero-order chi connectivity index (χ0) is 23.2. The van der Waals surface area contributed by atoms with E-state index >= 15 is 0 Å². The van der Waals surface area contributed by atoms with E-state index in [0.717, 1.165) is 18.3 Å². The highest BCUT2D eigenvalue weighted by Gasteiger charge is 2.64. The molecule has 0 spiro atoms. The highest BCUT2D eigenvalue weighted by molar-refractivity contribution is 6.03. The maximum Gasteiger partial charge on any atom is 0.387 e. The minimum Gasteiger partial charge on any atom is -0.462 e. The maximum atomic E-state index is 14.7. The molecule has 1 aromatic carbocycles. The van der Waals surface area contributed by atoms with E-state index in [1.165, 1.54) is 19.1 Å². The summed E-state index contributed by atoms with van der Waals surface area (Å²) in [5.74, 6) is -2.68. The molecule has 3 unspecified atom stereocenters. The number of aliphatic imine (C=N–C) groups is 1. The van der Waals surface area contributed by atoms with Gasteiger partial charge in [-0.05, 0) is 43.2 Å². The van der Waals surface area contributed by atoms with Crippen molar-refractivity contribution < 1.29 is 36.2 Å². The van der Waals surface area contributed by atoms with Crippen LogP contribution in [0.3, 0.4) is 0 Å². The number of alkyl halides is 4. The van der Waals surface area contributed by atoms with Gasteiger partial charge in [0.25, 0.3) is 18.4 Å². The molecule has 1 aliphatic heterocycles. The van der Waals surface area contributed by atoms with Gasteiger partial charge in [0.05, 0.1) is 6.20 Å². The minimum absolute atomic E-state index is 0.0120. The quantitative estimate of drug-likeness (QED) is 0.648. The molecule has 2 heterocycles. The Balaban J connectivity index is 1.64. The molecule has 0 saturated heterocycles. The number of carbonyl (C=O) groups is 1. The molecule has 1 fully saturated rings. The van der Waals surface area contributed by atoms with Gasteiger partial charge in [-0.3, -0.25) is 4.79 Å². The summed E-state index contributed by atoms with van der Waals surface area (Å²) in [6.07, 6.45) is -2.48. The molecule has 0 bridgehead atoms. The predicted octanol–water partition coefficient (Wildman–Crippen LogP) is 3.58. The van der Waals surface area contributed by atoms with Gasteiger partial charge in [-0.15, -0.1) is 0 Å². The second kappa shape index (κ2) is 7.92. The van der Waals surface area contributed by atoms with E-state index in [1.807, 2.05) is 0 Å². The van der Waals surface area contributed by atoms with Crippen LogP contribution in [-0.2, 0) is 10.3 Å². The zero-order valence-corrected chi connectivity index (χ0v) is 16.5. The van der Waals surface area contributed by atoms with Gasteiger partial charge in [0, 0.05) is 17.2 Å². The van der Waals surface area contributed by atoms with Crippen molar-refractivity contribution in [2.45, 2.75) is 38.0 Å². The van der Waals surface area contributed by atoms with E-state index < -0.39 is 53.9 Å². The van der Waals surface area contributed by atoms with Crippen molar-refractivity contribution in [3.8, 4) is 5.75 Å². The van der Waals surface area contributed by atoms with Crippen LogP contribution < -0.4 is 15.8 Å². The number of nitrogens with zero attached hydrogens (tertiary/aromatic N) is 2. The third kappa shape index (κ3) is 3.80. The van der Waals surface area contributed by atoms with Crippen LogP contribution in [0.5, 0.6) is 5.75 Å². The number of nitrogens with two attached hydrogens (primary N) is 1. The molecule has 2 aromatic rings. The van der Waals surface area contributed by atoms with E-state index in [1.54, 1.807) is 0 Å². The second-order valence-electron chi connectivity index (χ2n) is 7.44. The SMILES string of the molecule is Cc1cc(OC(F)F)cnc1C(=O)Nc1ccc(F)c(C2(C(F)F)N=C(N)OC3CC32)c1. The molecule has 2 aliphatic rings. The fraction of sp³-hybridized carbons (Fsp3) is 0.350. The third-order valence-corrected chi connectivity index (χ3v) is 5.35. The molecule has 3 N–H and O–H groups in total. The molecule has 32 heavy (non-hydrogen) atoms. The Morgan fingerprint density at radius 3 is 2.72 bits per heavy atom. The predicted molar refractivity (Wildman–Crippen MR) is 102 cm³/mol. The number of benzene rings is 1. The average molecular weight is 456 g/mol. The van der Waals surface area contributed by atoms with Gasteiger partial charge in [-0.2, -0.15) is 8.78 Å². The Bertz CT molecular complexity index is 1100. The van der Waals surface area contributed by atoms with Crippen molar-refractivity contribution in [2.75, 3.05) is 5.32 Å². The number of pyridine rings is 1. The Morgan fingerprint density at radius 2 is 2.06 bits per heavy atom. The van der Waals surface area contributed by atoms with Gasteiger partial charge in [-0.25, -0.2) is 23.1 Å². The zero-order valence-electron chi connectivity index (χ0n) is 16.5. The number of nitrogens with one attached hydrogen (secondary N) is 1. The number of amidine groups is 1. The number of fused-ring (bicyclic) bond motifs is 1. The van der Waals surface area contributed by atoms with Crippen LogP contribution in [0.2, 0.25) is 0 Å². The molecule has 1 saturated carbocycles. The standard InChI is InChI=1S/C20H17F5N4O3/c1-8-4-10(31-18(24)25)7-27-15(8)16(30)28-9-2-3-13(21)11(5-9)20(17(22)23)12-6-14(12)32-19(26)29-20/h2-5,7,12,14,17-18H,6H2,1H3,(H2,26,29)(H,28,30). The molecule has 3 atom stereocenters. The fourth-order valence-corrected chi connectivity index (χ4v) is 3.85. The number of aromatic nitrogens is 1. The Labute approximate surface area is 178 Å². The molecular formula is C20H17F5N4O3. The van der Waals surface area contributed by atoms with Crippen molar-refractivity contribution in [3.05, 3.63) is 53.1 Å². The van der Waals surface area contributed by atoms with Crippen LogP contribution in [0, 0.1) is 18.7 Å². The molecule has 1 aromatic heterocycles. The third-order valence-electron chi connectivity index (χ3n) is 5.35. The van der Waals surface area contributed by atoms with Crippen molar-refractivity contribution in [1.29, 1.82) is 0 Å². The number of amides is 1. The summed E-state index contributed by atoms with van der Waals surface area (Å²) in [4.78, 5) is 20.2. The van der Waals surface area contributed by atoms with Gasteiger partial charge in [0.15, 0.2) is 5.54 Å². The summed E-state index contributed by atoms with van der Waals surface area (Å²) in [5.41, 5.74) is 3.01. The molecule has 170 valence electrons. The first kappa shape index (κ1) is 21.8. The van der Waals surface area contributed by atoms with Crippen LogP contribution in [0.4, 0.5) is 27.6 Å². The van der Waals surface area contributed by atoms with Crippen LogP contribution in [-0.4, -0.2) is 36.1 Å². The van der Waals surface area contributed by atoms with Gasteiger partial charge in [0.1, 0.15) is 23.4 Å². The number of aryl methyl sites for hydroxylation is 1. The first-order chi connectivity index (χ1) is 15.1. The van der Waals surface area contributed by atoms with Gasteiger partial charge in [-0.1, -0.05) is 0 Å². The highest BCUT2D eigenvalue weighted by atomic mass is 19.3. The number of rotatable bonds is 6. The van der Waals surface area contributed by atoms with E-state index in [9.17, 15) is 26.7 Å². The number of halogens is 5. The molecule has 1 aliphatic carbocycles. The Kier molecular flexibility index (Phi) is 5.39. The smallest absolute Gasteiger partial charge is 0.387 e. The first-order valence-electron chi connectivity index (χ1n) is 9.44. The van der Waals surface area contributed by atoms with Crippen LogP contribution in [0.25, 0.3) is 0 Å². The number of ether oxygens (including phenoxy) is 2. The van der Waals surface area contributed by atoms with Crippen molar-refractivity contribution in [2.24, 2.45) is 16.6 Å². The first-order valence-corrected chi connectivity index (χ1v) is 9.44. The van der Waals surface area contributed by atoms with Gasteiger partial charge < -0.3 is 20.5 Å². The topological polar surface area (TPSA) is 98.8 Å². The summed E-state index contributed by atoms with van der Waals surface area (Å²) in [5, 5.41) is 2.45. The molecule has 12 heteroatoms. The lowest BCUT2D eigenvalue weighted by Crippen LogP contribution is -2.43. The lowest BCUT2D eigenvalue weighted by Gasteiger charge is -2.33. The van der Waals surface area contributed by atoms with Crippen molar-refractivity contribution in [1.82, 2.24) is 4.98 Å². The Hall–Kier alpha value is -3.44. The van der Waals surface area contributed by atoms with Crippen molar-refractivity contribution in [3.63, 3.8) is 0 Å². The summed E-state index contributed by atoms with van der Waals surface area (Å²) < 4.78 is 77.1. The normalized spacial score (nSPS) is 23.9. The summed E-state index contributed by atoms with van der Waals surface area (Å²) >= 11 is 0. The maximum absolute atomic E-state index is 14.7. The minimum atomic E-state index is -3.08. The Morgan fingerprint density at radius 1 is 1.31 bits per heavy atom. The van der Waals surface area contributed by atoms with Gasteiger partial charge >= 0.3 is 6.61 Å². The van der Waals surface area contributed by atoms with E-state index in [2.05, 4.69) is 20.0 Å². The molecule has 4 rings (SSSR count). The van der Waals surface area contributed by atoms with Gasteiger partial charge in [0.2, 0.25) is 0 Å². The average Bonchev–Trinajstić information content (AvgIpc) is 3.47. The number of anilines is 1. The monoisotopic (exact) mass is 456 g/mol. The highest BCUT2D eigenvalue weighted by Crippen LogP contribution is 2.56. The molecule has 1 amide bonds. The van der Waals surface area contributed by atoms with Crippen molar-refractivity contribution >= 4 is 17.6 Å². The lowest BCUT2D eigenvalue weighted by molar-refractivity contribution is -0.0501. The van der Waals surface area contributed by atoms with E-state index in [4.69, 9.17) is 10.5 Å². The number of carbonyl (C=O) groups excluding carboxylic acids is 1. The second-order valence-corrected chi connectivity index (χ2v) is 7.44. The summed E-state index contributed by atoms with van der Waals surface area (Å²) in [7, 11) is 0. The van der Waals surface area contributed by atoms with E-state index in [-0.39, 0.29) is 29.1 Å². The molecule has 7 nitrogen and oxygen atoms in total. The molecule has 0 radical (unpaired) electrons.